The number of carboxylic acid groups (broad SMARTS) is 1. The number of amides is 1. The number of hydrogen-bond acceptors (Lipinski definition) is 1. The molecule has 0 aromatic carbocycles. The molecule has 0 radical (unpaired) electrons. The van der Waals surface area contributed by atoms with Crippen LogP contribution in [0.2, 0.25) is 0 Å². The highest BCUT2D eigenvalue weighted by atomic mass is 16.4. The average molecular weight is 312 g/mol. The van der Waals surface area contributed by atoms with Gasteiger partial charge in [-0.1, -0.05) is 90.4 Å². The number of unbranched alkanes of at least 4 members (excludes halogenated alkanes) is 7. The lowest BCUT2D eigenvalue weighted by atomic mass is 9.87. The van der Waals surface area contributed by atoms with E-state index in [1.807, 2.05) is 0 Å². The molecule has 1 saturated carbocycles. The fourth-order valence-electron chi connectivity index (χ4n) is 3.96. The van der Waals surface area contributed by atoms with E-state index in [1.54, 1.807) is 0 Å². The van der Waals surface area contributed by atoms with Crippen molar-refractivity contribution in [1.29, 1.82) is 0 Å². The van der Waals surface area contributed by atoms with Gasteiger partial charge in [0.25, 0.3) is 0 Å². The smallest absolute Gasteiger partial charge is 0.404 e. The van der Waals surface area contributed by atoms with Crippen LogP contribution < -0.4 is 5.32 Å². The third kappa shape index (κ3) is 9.32. The van der Waals surface area contributed by atoms with Gasteiger partial charge in [0.2, 0.25) is 0 Å². The zero-order valence-corrected chi connectivity index (χ0v) is 14.6. The minimum atomic E-state index is -0.894. The van der Waals surface area contributed by atoms with E-state index in [4.69, 9.17) is 5.11 Å². The van der Waals surface area contributed by atoms with E-state index in [0.717, 1.165) is 18.3 Å². The van der Waals surface area contributed by atoms with Gasteiger partial charge in [0, 0.05) is 6.54 Å². The zero-order valence-electron chi connectivity index (χ0n) is 14.6. The standard InChI is InChI=1S/C19H37NO2/c1-2-3-4-5-6-8-12-17-14-11-15-18(17)13-9-7-10-16-20-19(21)22/h17-18,20H,2-16H2,1H3,(H,21,22)/t17-,18-/m0/s1. The zero-order chi connectivity index (χ0) is 16.0. The van der Waals surface area contributed by atoms with E-state index < -0.39 is 6.09 Å². The van der Waals surface area contributed by atoms with E-state index in [0.29, 0.717) is 6.54 Å². The van der Waals surface area contributed by atoms with Crippen molar-refractivity contribution in [1.82, 2.24) is 5.32 Å². The van der Waals surface area contributed by atoms with E-state index in [-0.39, 0.29) is 0 Å². The lowest BCUT2D eigenvalue weighted by Gasteiger charge is -2.19. The second kappa shape index (κ2) is 12.8. The van der Waals surface area contributed by atoms with E-state index in [2.05, 4.69) is 12.2 Å². The van der Waals surface area contributed by atoms with Crippen molar-refractivity contribution in [3.63, 3.8) is 0 Å². The van der Waals surface area contributed by atoms with E-state index in [1.165, 1.54) is 83.5 Å². The molecule has 0 spiro atoms. The van der Waals surface area contributed by atoms with Crippen molar-refractivity contribution >= 4 is 6.09 Å². The molecule has 1 aliphatic rings. The summed E-state index contributed by atoms with van der Waals surface area (Å²) in [6, 6.07) is 0. The Kier molecular flexibility index (Phi) is 11.2. The molecule has 1 fully saturated rings. The van der Waals surface area contributed by atoms with Crippen LogP contribution in [0.15, 0.2) is 0 Å². The SMILES string of the molecule is CCCCCCCC[C@H]1CCC[C@@H]1CCCCCNC(=O)O. The maximum atomic E-state index is 10.4. The van der Waals surface area contributed by atoms with Crippen molar-refractivity contribution in [2.75, 3.05) is 6.54 Å². The molecule has 3 nitrogen and oxygen atoms in total. The Balaban J connectivity index is 1.99. The molecule has 1 amide bonds. The summed E-state index contributed by atoms with van der Waals surface area (Å²) >= 11 is 0. The molecule has 0 aromatic heterocycles. The summed E-state index contributed by atoms with van der Waals surface area (Å²) in [5.74, 6) is 1.95. The van der Waals surface area contributed by atoms with Gasteiger partial charge in [0.05, 0.1) is 0 Å². The second-order valence-corrected chi connectivity index (χ2v) is 7.09. The van der Waals surface area contributed by atoms with Crippen LogP contribution in [0, 0.1) is 11.8 Å². The summed E-state index contributed by atoms with van der Waals surface area (Å²) in [7, 11) is 0. The lowest BCUT2D eigenvalue weighted by Crippen LogP contribution is -2.21. The van der Waals surface area contributed by atoms with Crippen LogP contribution in [0.25, 0.3) is 0 Å². The normalized spacial score (nSPS) is 21.1. The fraction of sp³-hybridized carbons (Fsp3) is 0.947. The number of nitrogens with one attached hydrogen (secondary N) is 1. The van der Waals surface area contributed by atoms with Gasteiger partial charge in [-0.05, 0) is 18.3 Å². The Hall–Kier alpha value is -0.730. The van der Waals surface area contributed by atoms with Gasteiger partial charge in [0.15, 0.2) is 0 Å². The van der Waals surface area contributed by atoms with Crippen molar-refractivity contribution in [3.8, 4) is 0 Å². The molecule has 0 aliphatic heterocycles. The highest BCUT2D eigenvalue weighted by Gasteiger charge is 2.25. The Labute approximate surface area is 137 Å². The molecule has 2 atom stereocenters. The van der Waals surface area contributed by atoms with Gasteiger partial charge in [0.1, 0.15) is 0 Å². The van der Waals surface area contributed by atoms with E-state index in [9.17, 15) is 4.79 Å². The molecular formula is C19H37NO2. The molecule has 3 heteroatoms. The Morgan fingerprint density at radius 3 is 2.05 bits per heavy atom. The van der Waals surface area contributed by atoms with Gasteiger partial charge in [-0.25, -0.2) is 4.79 Å². The molecule has 0 aromatic rings. The summed E-state index contributed by atoms with van der Waals surface area (Å²) in [6.45, 7) is 2.89. The summed E-state index contributed by atoms with van der Waals surface area (Å²) in [5, 5.41) is 11.0. The van der Waals surface area contributed by atoms with Crippen LogP contribution in [0.4, 0.5) is 4.79 Å². The summed E-state index contributed by atoms with van der Waals surface area (Å²) < 4.78 is 0. The van der Waals surface area contributed by atoms with Gasteiger partial charge in [-0.3, -0.25) is 0 Å². The van der Waals surface area contributed by atoms with Crippen molar-refractivity contribution in [2.45, 2.75) is 96.8 Å². The highest BCUT2D eigenvalue weighted by Crippen LogP contribution is 2.38. The maximum absolute atomic E-state index is 10.4. The van der Waals surface area contributed by atoms with Crippen molar-refractivity contribution in [2.24, 2.45) is 11.8 Å². The Morgan fingerprint density at radius 1 is 0.909 bits per heavy atom. The van der Waals surface area contributed by atoms with Gasteiger partial charge >= 0.3 is 6.09 Å². The lowest BCUT2D eigenvalue weighted by molar-refractivity contribution is 0.194. The number of rotatable bonds is 13. The molecular weight excluding hydrogens is 274 g/mol. The van der Waals surface area contributed by atoms with Crippen LogP contribution in [-0.2, 0) is 0 Å². The van der Waals surface area contributed by atoms with E-state index >= 15 is 0 Å². The molecule has 22 heavy (non-hydrogen) atoms. The minimum Gasteiger partial charge on any atom is -0.465 e. The summed E-state index contributed by atoms with van der Waals surface area (Å²) in [6.07, 6.45) is 18.2. The first-order valence-electron chi connectivity index (χ1n) is 9.70. The molecule has 2 N–H and O–H groups in total. The molecule has 0 unspecified atom stereocenters. The predicted molar refractivity (Wildman–Crippen MR) is 93.3 cm³/mol. The molecule has 1 rings (SSSR count). The third-order valence-corrected chi connectivity index (χ3v) is 5.27. The van der Waals surface area contributed by atoms with Gasteiger partial charge in [-0.2, -0.15) is 0 Å². The molecule has 1 aliphatic carbocycles. The van der Waals surface area contributed by atoms with Crippen LogP contribution >= 0.6 is 0 Å². The first-order chi connectivity index (χ1) is 10.7. The Bertz CT molecular complexity index is 281. The third-order valence-electron chi connectivity index (χ3n) is 5.27. The largest absolute Gasteiger partial charge is 0.465 e. The van der Waals surface area contributed by atoms with Crippen LogP contribution in [-0.4, -0.2) is 17.7 Å². The topological polar surface area (TPSA) is 49.3 Å². The van der Waals surface area contributed by atoms with Crippen LogP contribution in [0.5, 0.6) is 0 Å². The quantitative estimate of drug-likeness (QED) is 0.411. The second-order valence-electron chi connectivity index (χ2n) is 7.09. The first-order valence-corrected chi connectivity index (χ1v) is 9.70. The van der Waals surface area contributed by atoms with Crippen LogP contribution in [0.3, 0.4) is 0 Å². The molecule has 0 saturated heterocycles. The van der Waals surface area contributed by atoms with Gasteiger partial charge in [-0.15, -0.1) is 0 Å². The number of carbonyl (C=O) groups is 1. The average Bonchev–Trinajstić information content (AvgIpc) is 2.93. The monoisotopic (exact) mass is 311 g/mol. The highest BCUT2D eigenvalue weighted by molar-refractivity contribution is 5.64. The molecule has 0 heterocycles. The Morgan fingerprint density at radius 2 is 1.45 bits per heavy atom. The van der Waals surface area contributed by atoms with Gasteiger partial charge < -0.3 is 10.4 Å². The predicted octanol–water partition coefficient (Wildman–Crippen LogP) is 5.98. The fourth-order valence-corrected chi connectivity index (χ4v) is 3.96. The minimum absolute atomic E-state index is 0.612. The summed E-state index contributed by atoms with van der Waals surface area (Å²) in [4.78, 5) is 10.4. The summed E-state index contributed by atoms with van der Waals surface area (Å²) in [5.41, 5.74) is 0. The maximum Gasteiger partial charge on any atom is 0.404 e. The van der Waals surface area contributed by atoms with Crippen molar-refractivity contribution < 1.29 is 9.90 Å². The number of hydrogen-bond donors (Lipinski definition) is 2. The first kappa shape index (κ1) is 19.3. The molecule has 0 bridgehead atoms. The van der Waals surface area contributed by atoms with Crippen LogP contribution in [0.1, 0.15) is 96.8 Å². The molecule has 130 valence electrons. The van der Waals surface area contributed by atoms with Crippen molar-refractivity contribution in [3.05, 3.63) is 0 Å².